The Balaban J connectivity index is 1.77. The van der Waals surface area contributed by atoms with E-state index < -0.39 is 10.2 Å². The van der Waals surface area contributed by atoms with Gasteiger partial charge in [0, 0.05) is 20.1 Å². The van der Waals surface area contributed by atoms with Crippen molar-refractivity contribution in [1.82, 2.24) is 18.6 Å². The van der Waals surface area contributed by atoms with Crippen LogP contribution < -0.4 is 0 Å². The van der Waals surface area contributed by atoms with Gasteiger partial charge in [-0.1, -0.05) is 12.1 Å². The van der Waals surface area contributed by atoms with Crippen LogP contribution in [-0.2, 0) is 21.5 Å². The lowest BCUT2D eigenvalue weighted by molar-refractivity contribution is -0.0453. The first-order valence-electron chi connectivity index (χ1n) is 7.67. The molecule has 1 aromatic heterocycles. The van der Waals surface area contributed by atoms with Crippen LogP contribution in [0, 0.1) is 0 Å². The molecule has 1 aromatic carbocycles. The molecule has 3 rings (SSSR count). The second-order valence-corrected chi connectivity index (χ2v) is 8.07. The van der Waals surface area contributed by atoms with Crippen LogP contribution >= 0.6 is 0 Å². The van der Waals surface area contributed by atoms with Gasteiger partial charge in [0.1, 0.15) is 5.82 Å². The van der Waals surface area contributed by atoms with E-state index in [4.69, 9.17) is 4.74 Å². The van der Waals surface area contributed by atoms with Gasteiger partial charge in [0.05, 0.1) is 29.8 Å². The summed E-state index contributed by atoms with van der Waals surface area (Å²) in [7, 11) is -1.96. The van der Waals surface area contributed by atoms with E-state index in [0.29, 0.717) is 18.9 Å². The van der Waals surface area contributed by atoms with Crippen molar-refractivity contribution < 1.29 is 13.2 Å². The molecule has 126 valence electrons. The number of aromatic nitrogens is 2. The average Bonchev–Trinajstić information content (AvgIpc) is 2.88. The van der Waals surface area contributed by atoms with Crippen molar-refractivity contribution in [2.45, 2.75) is 32.6 Å². The number of rotatable bonds is 4. The molecule has 2 heterocycles. The summed E-state index contributed by atoms with van der Waals surface area (Å²) in [5.74, 6) is 0.631. The van der Waals surface area contributed by atoms with Gasteiger partial charge < -0.3 is 9.72 Å². The molecule has 1 aliphatic heterocycles. The van der Waals surface area contributed by atoms with Crippen molar-refractivity contribution in [2.75, 3.05) is 20.1 Å². The van der Waals surface area contributed by atoms with Crippen LogP contribution in [0.4, 0.5) is 0 Å². The fourth-order valence-corrected chi connectivity index (χ4v) is 4.37. The molecule has 1 fully saturated rings. The van der Waals surface area contributed by atoms with E-state index in [9.17, 15) is 8.42 Å². The van der Waals surface area contributed by atoms with Crippen LogP contribution in [0.15, 0.2) is 24.3 Å². The average molecular weight is 338 g/mol. The van der Waals surface area contributed by atoms with Crippen LogP contribution in [0.3, 0.4) is 0 Å². The third-order valence-corrected chi connectivity index (χ3v) is 5.78. The molecule has 0 spiro atoms. The van der Waals surface area contributed by atoms with Crippen molar-refractivity contribution in [3.05, 3.63) is 30.1 Å². The van der Waals surface area contributed by atoms with Gasteiger partial charge in [-0.15, -0.1) is 0 Å². The molecule has 0 saturated carbocycles. The maximum atomic E-state index is 12.8. The van der Waals surface area contributed by atoms with Crippen molar-refractivity contribution in [1.29, 1.82) is 0 Å². The number of fused-ring (bicyclic) bond motifs is 1. The zero-order valence-electron chi connectivity index (χ0n) is 13.6. The first kappa shape index (κ1) is 16.4. The number of imidazole rings is 1. The molecule has 7 nitrogen and oxygen atoms in total. The maximum absolute atomic E-state index is 12.8. The Morgan fingerprint density at radius 3 is 2.61 bits per heavy atom. The Morgan fingerprint density at radius 2 is 1.96 bits per heavy atom. The Labute approximate surface area is 136 Å². The third-order valence-electron chi connectivity index (χ3n) is 3.92. The number of ether oxygens (including phenoxy) is 1. The maximum Gasteiger partial charge on any atom is 0.282 e. The standard InChI is InChI=1S/C15H22N4O3S/c1-11-8-19(9-12(2)22-11)23(20,21)18(3)10-15-16-13-6-4-5-7-14(13)17-15/h4-7,11-12H,8-10H2,1-3H3,(H,16,17)/t11-,12+. The van der Waals surface area contributed by atoms with Gasteiger partial charge in [0.15, 0.2) is 0 Å². The molecule has 0 radical (unpaired) electrons. The van der Waals surface area contributed by atoms with Crippen LogP contribution in [0.25, 0.3) is 11.0 Å². The van der Waals surface area contributed by atoms with E-state index in [0.717, 1.165) is 11.0 Å². The minimum atomic E-state index is -3.54. The Bertz CT molecular complexity index is 746. The summed E-state index contributed by atoms with van der Waals surface area (Å²) in [5.41, 5.74) is 1.74. The number of nitrogens with one attached hydrogen (secondary N) is 1. The Hall–Kier alpha value is -1.48. The summed E-state index contributed by atoms with van der Waals surface area (Å²) in [5, 5.41) is 0. The fraction of sp³-hybridized carbons (Fsp3) is 0.533. The second-order valence-electron chi connectivity index (χ2n) is 6.04. The summed E-state index contributed by atoms with van der Waals surface area (Å²) < 4.78 is 33.9. The number of benzene rings is 1. The van der Waals surface area contributed by atoms with Crippen LogP contribution in [0.5, 0.6) is 0 Å². The van der Waals surface area contributed by atoms with E-state index >= 15 is 0 Å². The SMILES string of the molecule is C[C@@H]1CN(S(=O)(=O)N(C)Cc2nc3ccccc3[nH]2)C[C@H](C)O1. The number of aromatic amines is 1. The predicted octanol–water partition coefficient (Wildman–Crippen LogP) is 1.35. The van der Waals surface area contributed by atoms with Crippen LogP contribution in [-0.4, -0.2) is 59.3 Å². The van der Waals surface area contributed by atoms with Gasteiger partial charge in [-0.05, 0) is 26.0 Å². The van der Waals surface area contributed by atoms with Crippen LogP contribution in [0.1, 0.15) is 19.7 Å². The smallest absolute Gasteiger partial charge is 0.282 e. The predicted molar refractivity (Wildman–Crippen MR) is 88.1 cm³/mol. The number of para-hydroxylation sites is 2. The molecule has 2 aromatic rings. The topological polar surface area (TPSA) is 78.5 Å². The van der Waals surface area contributed by atoms with Gasteiger partial charge in [0.25, 0.3) is 10.2 Å². The van der Waals surface area contributed by atoms with Gasteiger partial charge in [-0.2, -0.15) is 17.0 Å². The molecule has 0 aliphatic carbocycles. The highest BCUT2D eigenvalue weighted by Crippen LogP contribution is 2.18. The van der Waals surface area contributed by atoms with E-state index in [-0.39, 0.29) is 18.8 Å². The first-order chi connectivity index (χ1) is 10.9. The molecule has 1 N–H and O–H groups in total. The van der Waals surface area contributed by atoms with Crippen molar-refractivity contribution in [3.8, 4) is 0 Å². The minimum Gasteiger partial charge on any atom is -0.373 e. The number of H-pyrrole nitrogens is 1. The molecule has 0 bridgehead atoms. The van der Waals surface area contributed by atoms with Gasteiger partial charge in [-0.25, -0.2) is 4.98 Å². The van der Waals surface area contributed by atoms with E-state index in [1.807, 2.05) is 38.1 Å². The fourth-order valence-electron chi connectivity index (χ4n) is 2.89. The molecular weight excluding hydrogens is 316 g/mol. The minimum absolute atomic E-state index is 0.104. The number of morpholine rings is 1. The number of hydrogen-bond donors (Lipinski definition) is 1. The summed E-state index contributed by atoms with van der Waals surface area (Å²) >= 11 is 0. The summed E-state index contributed by atoms with van der Waals surface area (Å²) in [6.45, 7) is 4.72. The summed E-state index contributed by atoms with van der Waals surface area (Å²) in [4.78, 5) is 7.59. The lowest BCUT2D eigenvalue weighted by Gasteiger charge is -2.36. The molecule has 0 unspecified atom stereocenters. The van der Waals surface area contributed by atoms with Gasteiger partial charge in [0.2, 0.25) is 0 Å². The first-order valence-corrected chi connectivity index (χ1v) is 9.06. The van der Waals surface area contributed by atoms with Crippen LogP contribution in [0.2, 0.25) is 0 Å². The monoisotopic (exact) mass is 338 g/mol. The molecule has 23 heavy (non-hydrogen) atoms. The second kappa shape index (κ2) is 6.20. The molecule has 1 saturated heterocycles. The van der Waals surface area contributed by atoms with Crippen molar-refractivity contribution in [2.24, 2.45) is 0 Å². The lowest BCUT2D eigenvalue weighted by atomic mass is 10.3. The highest BCUT2D eigenvalue weighted by atomic mass is 32.2. The summed E-state index contributed by atoms with van der Waals surface area (Å²) in [6, 6.07) is 7.64. The Kier molecular flexibility index (Phi) is 4.41. The van der Waals surface area contributed by atoms with Gasteiger partial charge in [-0.3, -0.25) is 0 Å². The van der Waals surface area contributed by atoms with E-state index in [1.54, 1.807) is 7.05 Å². The van der Waals surface area contributed by atoms with Gasteiger partial charge >= 0.3 is 0 Å². The summed E-state index contributed by atoms with van der Waals surface area (Å²) in [6.07, 6.45) is -0.207. The Morgan fingerprint density at radius 1 is 1.30 bits per heavy atom. The molecule has 2 atom stereocenters. The molecule has 0 amide bonds. The zero-order valence-corrected chi connectivity index (χ0v) is 14.4. The largest absolute Gasteiger partial charge is 0.373 e. The number of nitrogens with zero attached hydrogens (tertiary/aromatic N) is 3. The quantitative estimate of drug-likeness (QED) is 0.913. The van der Waals surface area contributed by atoms with E-state index in [1.165, 1.54) is 8.61 Å². The highest BCUT2D eigenvalue weighted by Gasteiger charge is 2.34. The zero-order chi connectivity index (χ0) is 16.6. The lowest BCUT2D eigenvalue weighted by Crippen LogP contribution is -2.52. The normalized spacial score (nSPS) is 23.7. The third kappa shape index (κ3) is 3.40. The highest BCUT2D eigenvalue weighted by molar-refractivity contribution is 7.86. The van der Waals surface area contributed by atoms with Crippen molar-refractivity contribution >= 4 is 21.2 Å². The molecule has 8 heteroatoms. The molecular formula is C15H22N4O3S. The molecule has 1 aliphatic rings. The van der Waals surface area contributed by atoms with E-state index in [2.05, 4.69) is 9.97 Å². The van der Waals surface area contributed by atoms with Crippen molar-refractivity contribution in [3.63, 3.8) is 0 Å². The number of hydrogen-bond acceptors (Lipinski definition) is 4.